The van der Waals surface area contributed by atoms with Crippen LogP contribution in [0.25, 0.3) is 0 Å². The first kappa shape index (κ1) is 24.6. The SMILES string of the molecule is CC(O)C(NC(=O)C1=CC2OCOC2C(OC(=O)c2cccc(I)c2)C1)C(=O)NCCO. The minimum atomic E-state index is -1.22. The summed E-state index contributed by atoms with van der Waals surface area (Å²) in [5, 5.41) is 23.7. The number of halogens is 1. The third-order valence-electron chi connectivity index (χ3n) is 5.07. The fourth-order valence-corrected chi connectivity index (χ4v) is 4.02. The van der Waals surface area contributed by atoms with E-state index in [0.717, 1.165) is 3.57 Å². The van der Waals surface area contributed by atoms with Gasteiger partial charge in [0.2, 0.25) is 11.8 Å². The van der Waals surface area contributed by atoms with Crippen molar-refractivity contribution in [2.24, 2.45) is 0 Å². The first-order chi connectivity index (χ1) is 15.3. The molecule has 0 saturated carbocycles. The Morgan fingerprint density at radius 2 is 2.09 bits per heavy atom. The number of aliphatic hydroxyl groups is 2. The number of hydrogen-bond donors (Lipinski definition) is 4. The summed E-state index contributed by atoms with van der Waals surface area (Å²) in [4.78, 5) is 37.7. The second-order valence-corrected chi connectivity index (χ2v) is 8.68. The first-order valence-electron chi connectivity index (χ1n) is 10.1. The van der Waals surface area contributed by atoms with E-state index in [4.69, 9.17) is 19.3 Å². The Labute approximate surface area is 198 Å². The summed E-state index contributed by atoms with van der Waals surface area (Å²) in [6, 6.07) is 5.70. The lowest BCUT2D eigenvalue weighted by molar-refractivity contribution is -0.130. The summed E-state index contributed by atoms with van der Waals surface area (Å²) in [5.74, 6) is -1.77. The maximum atomic E-state index is 12.9. The molecule has 32 heavy (non-hydrogen) atoms. The molecule has 0 spiro atoms. The number of carbonyl (C=O) groups is 3. The maximum absolute atomic E-state index is 12.9. The summed E-state index contributed by atoms with van der Waals surface area (Å²) in [7, 11) is 0. The van der Waals surface area contributed by atoms with Gasteiger partial charge in [0.25, 0.3) is 0 Å². The lowest BCUT2D eigenvalue weighted by atomic mass is 9.91. The Morgan fingerprint density at radius 1 is 1.31 bits per heavy atom. The average molecular weight is 560 g/mol. The quantitative estimate of drug-likeness (QED) is 0.254. The molecule has 1 aromatic rings. The van der Waals surface area contributed by atoms with E-state index in [1.165, 1.54) is 6.92 Å². The fourth-order valence-electron chi connectivity index (χ4n) is 3.47. The Balaban J connectivity index is 1.72. The summed E-state index contributed by atoms with van der Waals surface area (Å²) >= 11 is 2.09. The zero-order valence-electron chi connectivity index (χ0n) is 17.3. The van der Waals surface area contributed by atoms with Crippen LogP contribution in [-0.2, 0) is 23.8 Å². The largest absolute Gasteiger partial charge is 0.456 e. The molecular weight excluding hydrogens is 535 g/mol. The molecular formula is C21H25IN2O8. The van der Waals surface area contributed by atoms with Gasteiger partial charge < -0.3 is 35.1 Å². The molecule has 0 radical (unpaired) electrons. The molecule has 174 valence electrons. The van der Waals surface area contributed by atoms with Gasteiger partial charge in [-0.05, 0) is 53.8 Å². The number of esters is 1. The number of carbonyl (C=O) groups excluding carboxylic acids is 3. The van der Waals surface area contributed by atoms with Gasteiger partial charge in [-0.15, -0.1) is 0 Å². The van der Waals surface area contributed by atoms with Gasteiger partial charge >= 0.3 is 5.97 Å². The van der Waals surface area contributed by atoms with Crippen LogP contribution in [0.5, 0.6) is 0 Å². The standard InChI is InChI=1S/C21H25IN2O8/c1-11(26)17(20(28)23-5-6-25)24-19(27)13-8-15-18(31-10-30-15)16(9-13)32-21(29)12-3-2-4-14(22)7-12/h2-4,7-8,11,15-18,25-26H,5-6,9-10H2,1H3,(H,23,28)(H,24,27). The topological polar surface area (TPSA) is 143 Å². The van der Waals surface area contributed by atoms with Crippen LogP contribution in [0.4, 0.5) is 0 Å². The van der Waals surface area contributed by atoms with Crippen LogP contribution in [0.1, 0.15) is 23.7 Å². The number of fused-ring (bicyclic) bond motifs is 1. The Bertz CT molecular complexity index is 890. The highest BCUT2D eigenvalue weighted by atomic mass is 127. The van der Waals surface area contributed by atoms with E-state index < -0.39 is 48.2 Å². The number of hydrogen-bond acceptors (Lipinski definition) is 8. The van der Waals surface area contributed by atoms with Gasteiger partial charge in [0.1, 0.15) is 31.1 Å². The third kappa shape index (κ3) is 6.04. The molecule has 11 heteroatoms. The molecule has 1 fully saturated rings. The van der Waals surface area contributed by atoms with Crippen molar-refractivity contribution >= 4 is 40.4 Å². The number of nitrogens with one attached hydrogen (secondary N) is 2. The predicted octanol–water partition coefficient (Wildman–Crippen LogP) is -0.138. The summed E-state index contributed by atoms with van der Waals surface area (Å²) < 4.78 is 17.6. The van der Waals surface area contributed by atoms with Crippen molar-refractivity contribution in [1.29, 1.82) is 0 Å². The Morgan fingerprint density at radius 3 is 2.78 bits per heavy atom. The van der Waals surface area contributed by atoms with Crippen LogP contribution in [0, 0.1) is 3.57 Å². The first-order valence-corrected chi connectivity index (χ1v) is 11.2. The fraction of sp³-hybridized carbons (Fsp3) is 0.476. The van der Waals surface area contributed by atoms with Crippen molar-refractivity contribution in [3.63, 3.8) is 0 Å². The Kier molecular flexibility index (Phi) is 8.59. The van der Waals surface area contributed by atoms with Gasteiger partial charge in [0.15, 0.2) is 0 Å². The van der Waals surface area contributed by atoms with Crippen LogP contribution >= 0.6 is 22.6 Å². The highest BCUT2D eigenvalue weighted by molar-refractivity contribution is 14.1. The van der Waals surface area contributed by atoms with Crippen molar-refractivity contribution in [3.8, 4) is 0 Å². The summed E-state index contributed by atoms with van der Waals surface area (Å²) in [5.41, 5.74) is 0.625. The molecule has 0 bridgehead atoms. The van der Waals surface area contributed by atoms with Crippen LogP contribution in [0.3, 0.4) is 0 Å². The van der Waals surface area contributed by atoms with Crippen LogP contribution in [-0.4, -0.2) is 78.4 Å². The van der Waals surface area contributed by atoms with E-state index in [-0.39, 0.29) is 31.9 Å². The number of aliphatic hydroxyl groups excluding tert-OH is 2. The predicted molar refractivity (Wildman–Crippen MR) is 119 cm³/mol. The Hall–Kier alpha value is -2.06. The molecule has 2 amide bonds. The second kappa shape index (κ2) is 11.2. The normalized spacial score (nSPS) is 24.0. The highest BCUT2D eigenvalue weighted by Crippen LogP contribution is 2.31. The zero-order chi connectivity index (χ0) is 23.3. The number of amides is 2. The molecule has 1 aromatic carbocycles. The molecule has 3 rings (SSSR count). The van der Waals surface area contributed by atoms with E-state index in [1.807, 2.05) is 6.07 Å². The lowest BCUT2D eigenvalue weighted by Crippen LogP contribution is -2.54. The smallest absolute Gasteiger partial charge is 0.338 e. The maximum Gasteiger partial charge on any atom is 0.338 e. The molecule has 1 aliphatic heterocycles. The van der Waals surface area contributed by atoms with Crippen molar-refractivity contribution in [3.05, 3.63) is 45.0 Å². The average Bonchev–Trinajstić information content (AvgIpc) is 3.24. The molecule has 1 aliphatic carbocycles. The minimum Gasteiger partial charge on any atom is -0.456 e. The second-order valence-electron chi connectivity index (χ2n) is 7.44. The third-order valence-corrected chi connectivity index (χ3v) is 5.74. The lowest BCUT2D eigenvalue weighted by Gasteiger charge is -2.31. The number of benzene rings is 1. The van der Waals surface area contributed by atoms with Crippen molar-refractivity contribution in [2.75, 3.05) is 19.9 Å². The van der Waals surface area contributed by atoms with Crippen molar-refractivity contribution in [2.45, 2.75) is 43.8 Å². The molecule has 1 saturated heterocycles. The molecule has 4 N–H and O–H groups in total. The van der Waals surface area contributed by atoms with E-state index in [2.05, 4.69) is 33.2 Å². The van der Waals surface area contributed by atoms with Crippen LogP contribution in [0.15, 0.2) is 35.9 Å². The van der Waals surface area contributed by atoms with Gasteiger partial charge in [0, 0.05) is 22.1 Å². The van der Waals surface area contributed by atoms with Gasteiger partial charge in [0.05, 0.1) is 18.3 Å². The van der Waals surface area contributed by atoms with E-state index >= 15 is 0 Å². The molecule has 5 atom stereocenters. The van der Waals surface area contributed by atoms with Gasteiger partial charge in [-0.25, -0.2) is 4.79 Å². The van der Waals surface area contributed by atoms with E-state index in [9.17, 15) is 19.5 Å². The minimum absolute atomic E-state index is 0.00210. The van der Waals surface area contributed by atoms with Gasteiger partial charge in [-0.1, -0.05) is 6.07 Å². The van der Waals surface area contributed by atoms with Crippen LogP contribution in [0.2, 0.25) is 0 Å². The van der Waals surface area contributed by atoms with E-state index in [0.29, 0.717) is 5.56 Å². The van der Waals surface area contributed by atoms with Crippen molar-refractivity contribution < 1.29 is 38.8 Å². The monoisotopic (exact) mass is 560 g/mol. The van der Waals surface area contributed by atoms with Gasteiger partial charge in [-0.2, -0.15) is 0 Å². The van der Waals surface area contributed by atoms with Crippen molar-refractivity contribution in [1.82, 2.24) is 10.6 Å². The molecule has 1 heterocycles. The van der Waals surface area contributed by atoms with Gasteiger partial charge in [-0.3, -0.25) is 9.59 Å². The summed E-state index contributed by atoms with van der Waals surface area (Å²) in [6.07, 6.45) is -1.46. The molecule has 10 nitrogen and oxygen atoms in total. The number of ether oxygens (including phenoxy) is 3. The summed E-state index contributed by atoms with van der Waals surface area (Å²) in [6.45, 7) is 1.09. The van der Waals surface area contributed by atoms with E-state index in [1.54, 1.807) is 24.3 Å². The molecule has 0 aromatic heterocycles. The molecule has 5 unspecified atom stereocenters. The number of rotatable bonds is 8. The van der Waals surface area contributed by atoms with Crippen LogP contribution < -0.4 is 10.6 Å². The highest BCUT2D eigenvalue weighted by Gasteiger charge is 2.43. The zero-order valence-corrected chi connectivity index (χ0v) is 19.5. The molecule has 2 aliphatic rings.